The highest BCUT2D eigenvalue weighted by molar-refractivity contribution is 5.87. The van der Waals surface area contributed by atoms with Gasteiger partial charge in [0.25, 0.3) is 5.91 Å². The van der Waals surface area contributed by atoms with Crippen molar-refractivity contribution < 1.29 is 24.2 Å². The van der Waals surface area contributed by atoms with Crippen LogP contribution in [0.2, 0.25) is 0 Å². The predicted molar refractivity (Wildman–Crippen MR) is 97.5 cm³/mol. The Kier molecular flexibility index (Phi) is 7.21. The van der Waals surface area contributed by atoms with Crippen molar-refractivity contribution in [1.82, 2.24) is 10.9 Å². The largest absolute Gasteiger partial charge is 0.550 e. The number of aliphatic carboxylic acids is 1. The van der Waals surface area contributed by atoms with E-state index in [1.807, 2.05) is 39.0 Å². The zero-order valence-electron chi connectivity index (χ0n) is 16.0. The van der Waals surface area contributed by atoms with Gasteiger partial charge in [0.15, 0.2) is 6.61 Å². The summed E-state index contributed by atoms with van der Waals surface area (Å²) in [6, 6.07) is 5.83. The molecule has 2 atom stereocenters. The molecule has 1 aromatic carbocycles. The highest BCUT2D eigenvalue weighted by Gasteiger charge is 2.31. The first-order valence-corrected chi connectivity index (χ1v) is 9.32. The molecule has 0 aliphatic heterocycles. The molecule has 1 fully saturated rings. The molecular weight excluding hydrogens is 348 g/mol. The summed E-state index contributed by atoms with van der Waals surface area (Å²) in [6.07, 6.45) is 2.43. The van der Waals surface area contributed by atoms with Gasteiger partial charge in [-0.25, -0.2) is 0 Å². The number of carboxylic acid groups (broad SMARTS) is 1. The van der Waals surface area contributed by atoms with Gasteiger partial charge in [0.2, 0.25) is 5.91 Å². The second kappa shape index (κ2) is 9.39. The summed E-state index contributed by atoms with van der Waals surface area (Å²) in [5.74, 6) is -2.85. The fraction of sp³-hybridized carbons (Fsp3) is 0.550. The molecule has 7 nitrogen and oxygen atoms in total. The average molecular weight is 375 g/mol. The maximum absolute atomic E-state index is 12.2. The van der Waals surface area contributed by atoms with Crippen molar-refractivity contribution in [3.8, 4) is 5.75 Å². The van der Waals surface area contributed by atoms with Crippen molar-refractivity contribution in [2.75, 3.05) is 6.61 Å². The van der Waals surface area contributed by atoms with E-state index in [4.69, 9.17) is 4.74 Å². The van der Waals surface area contributed by atoms with Crippen LogP contribution in [0.3, 0.4) is 0 Å². The topological polar surface area (TPSA) is 108 Å². The summed E-state index contributed by atoms with van der Waals surface area (Å²) in [7, 11) is 0. The van der Waals surface area contributed by atoms with Crippen LogP contribution in [-0.2, 0) is 14.4 Å². The maximum atomic E-state index is 12.2. The number of carbonyl (C=O) groups is 3. The molecule has 0 bridgehead atoms. The van der Waals surface area contributed by atoms with Crippen molar-refractivity contribution in [2.45, 2.75) is 52.4 Å². The number of hydrazine groups is 1. The average Bonchev–Trinajstić information content (AvgIpc) is 2.64. The van der Waals surface area contributed by atoms with E-state index >= 15 is 0 Å². The minimum absolute atomic E-state index is 0.247. The van der Waals surface area contributed by atoms with Gasteiger partial charge < -0.3 is 14.6 Å². The fourth-order valence-corrected chi connectivity index (χ4v) is 3.37. The number of hydrogen-bond donors (Lipinski definition) is 2. The van der Waals surface area contributed by atoms with Crippen LogP contribution in [0.15, 0.2) is 18.2 Å². The van der Waals surface area contributed by atoms with E-state index in [2.05, 4.69) is 10.9 Å². The van der Waals surface area contributed by atoms with Gasteiger partial charge in [-0.2, -0.15) is 0 Å². The third-order valence-corrected chi connectivity index (χ3v) is 4.88. The van der Waals surface area contributed by atoms with Crippen molar-refractivity contribution in [3.05, 3.63) is 29.3 Å². The molecule has 27 heavy (non-hydrogen) atoms. The van der Waals surface area contributed by atoms with E-state index in [0.717, 1.165) is 24.0 Å². The highest BCUT2D eigenvalue weighted by atomic mass is 16.5. The van der Waals surface area contributed by atoms with E-state index in [1.54, 1.807) is 0 Å². The molecule has 1 aromatic rings. The number of hydrogen-bond acceptors (Lipinski definition) is 5. The van der Waals surface area contributed by atoms with Gasteiger partial charge in [-0.3, -0.25) is 20.4 Å². The predicted octanol–water partition coefficient (Wildman–Crippen LogP) is 1.20. The molecule has 7 heteroatoms. The van der Waals surface area contributed by atoms with E-state index in [1.165, 1.54) is 0 Å². The van der Waals surface area contributed by atoms with Crippen LogP contribution in [0.1, 0.15) is 56.6 Å². The van der Waals surface area contributed by atoms with Gasteiger partial charge in [-0.1, -0.05) is 38.8 Å². The molecule has 0 spiro atoms. The summed E-state index contributed by atoms with van der Waals surface area (Å²) in [5.41, 5.74) is 6.63. The van der Waals surface area contributed by atoms with Crippen LogP contribution in [-0.4, -0.2) is 24.4 Å². The number of carbonyl (C=O) groups excluding carboxylic acids is 3. The molecular formula is C20H27N2O5-. The molecule has 0 radical (unpaired) electrons. The molecule has 2 N–H and O–H groups in total. The number of ether oxygens (including phenoxy) is 1. The van der Waals surface area contributed by atoms with Crippen LogP contribution in [0.25, 0.3) is 0 Å². The third-order valence-electron chi connectivity index (χ3n) is 4.88. The third kappa shape index (κ3) is 5.70. The number of carboxylic acids is 1. The van der Waals surface area contributed by atoms with Crippen LogP contribution in [0, 0.1) is 18.8 Å². The van der Waals surface area contributed by atoms with Crippen molar-refractivity contribution in [2.24, 2.45) is 11.8 Å². The smallest absolute Gasteiger partial charge is 0.276 e. The van der Waals surface area contributed by atoms with Crippen LogP contribution in [0.4, 0.5) is 0 Å². The van der Waals surface area contributed by atoms with Gasteiger partial charge in [0, 0.05) is 17.8 Å². The van der Waals surface area contributed by atoms with Crippen LogP contribution >= 0.6 is 0 Å². The van der Waals surface area contributed by atoms with Gasteiger partial charge in [0.05, 0.1) is 0 Å². The fourth-order valence-electron chi connectivity index (χ4n) is 3.37. The Labute approximate surface area is 159 Å². The van der Waals surface area contributed by atoms with E-state index in [0.29, 0.717) is 18.6 Å². The molecule has 1 aliphatic rings. The summed E-state index contributed by atoms with van der Waals surface area (Å²) in [6.45, 7) is 5.76. The summed E-state index contributed by atoms with van der Waals surface area (Å²) in [5, 5.41) is 11.2. The monoisotopic (exact) mass is 375 g/mol. The number of benzene rings is 1. The molecule has 0 saturated heterocycles. The Morgan fingerprint density at radius 2 is 1.81 bits per heavy atom. The summed E-state index contributed by atoms with van der Waals surface area (Å²) >= 11 is 0. The highest BCUT2D eigenvalue weighted by Crippen LogP contribution is 2.30. The van der Waals surface area contributed by atoms with Crippen molar-refractivity contribution in [1.29, 1.82) is 0 Å². The lowest BCUT2D eigenvalue weighted by Crippen LogP contribution is -2.50. The molecule has 1 aliphatic carbocycles. The quantitative estimate of drug-likeness (QED) is 0.727. The number of rotatable bonds is 6. The summed E-state index contributed by atoms with van der Waals surface area (Å²) in [4.78, 5) is 35.4. The SMILES string of the molecule is Cc1ccc(C(C)C)c(OCC(=O)NNC(=O)[C@@H]2CCCC[C@H]2C(=O)[O-])c1. The first-order valence-electron chi connectivity index (χ1n) is 9.32. The minimum atomic E-state index is -1.22. The summed E-state index contributed by atoms with van der Waals surface area (Å²) < 4.78 is 5.61. The number of aryl methyl sites for hydroxylation is 1. The number of nitrogens with one attached hydrogen (secondary N) is 2. The standard InChI is InChI=1S/C20H28N2O5/c1-12(2)14-9-8-13(3)10-17(14)27-11-18(23)21-22-19(24)15-6-4-5-7-16(15)20(25)26/h8-10,12,15-16H,4-7,11H2,1-3H3,(H,21,23)(H,22,24)(H,25,26)/p-1/t15-,16-/m1/s1. The van der Waals surface area contributed by atoms with Crippen molar-refractivity contribution in [3.63, 3.8) is 0 Å². The van der Waals surface area contributed by atoms with Gasteiger partial charge in [0.1, 0.15) is 5.75 Å². The Hall–Kier alpha value is -2.57. The van der Waals surface area contributed by atoms with Gasteiger partial charge in [-0.15, -0.1) is 0 Å². The molecule has 148 valence electrons. The van der Waals surface area contributed by atoms with E-state index < -0.39 is 29.6 Å². The lowest BCUT2D eigenvalue weighted by atomic mass is 9.79. The Bertz CT molecular complexity index is 702. The first-order chi connectivity index (χ1) is 12.8. The van der Waals surface area contributed by atoms with Gasteiger partial charge in [-0.05, 0) is 42.9 Å². The van der Waals surface area contributed by atoms with Crippen LogP contribution in [0.5, 0.6) is 5.75 Å². The molecule has 0 aromatic heterocycles. The molecule has 1 saturated carbocycles. The molecule has 2 rings (SSSR count). The number of amides is 2. The zero-order valence-corrected chi connectivity index (χ0v) is 16.0. The normalized spacial score (nSPS) is 19.4. The van der Waals surface area contributed by atoms with Crippen molar-refractivity contribution >= 4 is 17.8 Å². The second-order valence-corrected chi connectivity index (χ2v) is 7.34. The lowest BCUT2D eigenvalue weighted by molar-refractivity contribution is -0.314. The minimum Gasteiger partial charge on any atom is -0.550 e. The lowest BCUT2D eigenvalue weighted by Gasteiger charge is -2.31. The Morgan fingerprint density at radius 3 is 2.44 bits per heavy atom. The molecule has 0 heterocycles. The zero-order chi connectivity index (χ0) is 20.0. The van der Waals surface area contributed by atoms with Crippen LogP contribution < -0.4 is 20.7 Å². The first kappa shape index (κ1) is 20.7. The Morgan fingerprint density at radius 1 is 1.15 bits per heavy atom. The second-order valence-electron chi connectivity index (χ2n) is 7.34. The Balaban J connectivity index is 1.87. The maximum Gasteiger partial charge on any atom is 0.276 e. The molecule has 2 amide bonds. The van der Waals surface area contributed by atoms with E-state index in [-0.39, 0.29) is 12.5 Å². The van der Waals surface area contributed by atoms with Gasteiger partial charge >= 0.3 is 0 Å². The molecule has 0 unspecified atom stereocenters. The van der Waals surface area contributed by atoms with E-state index in [9.17, 15) is 19.5 Å².